The van der Waals surface area contributed by atoms with Crippen LogP contribution in [0.4, 0.5) is 0 Å². The SMILES string of the molecule is COc1ccc(-c2[nH]c3ccc(C4CCC5CC(C4)N5CC(=O)Cl)cc3c2C(C)C)cc1OC. The zero-order chi connectivity index (χ0) is 24.0. The van der Waals surface area contributed by atoms with Crippen molar-refractivity contribution in [1.29, 1.82) is 0 Å². The topological polar surface area (TPSA) is 54.6 Å². The summed E-state index contributed by atoms with van der Waals surface area (Å²) in [7, 11) is 3.33. The molecule has 1 aromatic heterocycles. The van der Waals surface area contributed by atoms with Gasteiger partial charge in [-0.25, -0.2) is 0 Å². The molecule has 3 atom stereocenters. The van der Waals surface area contributed by atoms with Gasteiger partial charge in [0.2, 0.25) is 5.24 Å². The van der Waals surface area contributed by atoms with E-state index in [-0.39, 0.29) is 5.24 Å². The predicted molar refractivity (Wildman–Crippen MR) is 137 cm³/mol. The summed E-state index contributed by atoms with van der Waals surface area (Å²) in [6, 6.07) is 14.0. The lowest BCUT2D eigenvalue weighted by atomic mass is 9.87. The predicted octanol–water partition coefficient (Wildman–Crippen LogP) is 6.45. The molecular formula is C28H33ClN2O3. The number of carbonyl (C=O) groups excluding carboxylic acids is 1. The van der Waals surface area contributed by atoms with Crippen LogP contribution in [0.25, 0.3) is 22.2 Å². The van der Waals surface area contributed by atoms with E-state index in [9.17, 15) is 4.79 Å². The number of methoxy groups -OCH3 is 2. The Labute approximate surface area is 206 Å². The molecule has 3 fully saturated rings. The summed E-state index contributed by atoms with van der Waals surface area (Å²) in [5, 5.41) is 1.05. The maximum atomic E-state index is 11.5. The normalized spacial score (nSPS) is 22.5. The molecule has 1 saturated carbocycles. The summed E-state index contributed by atoms with van der Waals surface area (Å²) in [4.78, 5) is 17.5. The number of hydrogen-bond acceptors (Lipinski definition) is 4. The molecule has 2 aliphatic heterocycles. The van der Waals surface area contributed by atoms with E-state index < -0.39 is 0 Å². The first kappa shape index (κ1) is 23.3. The van der Waals surface area contributed by atoms with Crippen LogP contribution in [0, 0.1) is 0 Å². The van der Waals surface area contributed by atoms with Gasteiger partial charge in [0.25, 0.3) is 0 Å². The fourth-order valence-corrected chi connectivity index (χ4v) is 6.25. The van der Waals surface area contributed by atoms with Gasteiger partial charge in [0.05, 0.1) is 26.5 Å². The highest BCUT2D eigenvalue weighted by Crippen LogP contribution is 2.45. The summed E-state index contributed by atoms with van der Waals surface area (Å²) in [6.45, 7) is 4.88. The number of aromatic nitrogens is 1. The number of nitrogens with one attached hydrogen (secondary N) is 1. The maximum absolute atomic E-state index is 11.5. The largest absolute Gasteiger partial charge is 0.493 e. The zero-order valence-electron chi connectivity index (χ0n) is 20.4. The molecule has 3 heterocycles. The molecule has 2 aromatic carbocycles. The smallest absolute Gasteiger partial charge is 0.235 e. The molecule has 0 amide bonds. The van der Waals surface area contributed by atoms with Gasteiger partial charge in [-0.05, 0) is 90.6 Å². The lowest BCUT2D eigenvalue weighted by Gasteiger charge is -2.46. The molecule has 3 unspecified atom stereocenters. The Morgan fingerprint density at radius 3 is 2.56 bits per heavy atom. The molecule has 180 valence electrons. The van der Waals surface area contributed by atoms with Crippen molar-refractivity contribution in [3.63, 3.8) is 0 Å². The quantitative estimate of drug-likeness (QED) is 0.395. The Bertz CT molecular complexity index is 1220. The number of hydrogen-bond donors (Lipinski definition) is 1. The molecule has 34 heavy (non-hydrogen) atoms. The van der Waals surface area contributed by atoms with Gasteiger partial charge in [-0.15, -0.1) is 0 Å². The average molecular weight is 481 g/mol. The zero-order valence-corrected chi connectivity index (χ0v) is 21.1. The van der Waals surface area contributed by atoms with Crippen molar-refractivity contribution in [1.82, 2.24) is 9.88 Å². The monoisotopic (exact) mass is 480 g/mol. The Morgan fingerprint density at radius 1 is 1.06 bits per heavy atom. The summed E-state index contributed by atoms with van der Waals surface area (Å²) >= 11 is 5.71. The third-order valence-electron chi connectivity index (χ3n) is 7.78. The first-order valence-electron chi connectivity index (χ1n) is 12.2. The van der Waals surface area contributed by atoms with Gasteiger partial charge in [0.15, 0.2) is 11.5 Å². The van der Waals surface area contributed by atoms with Gasteiger partial charge in [-0.1, -0.05) is 19.9 Å². The minimum atomic E-state index is -0.244. The third-order valence-corrected chi connectivity index (χ3v) is 7.90. The number of nitrogens with zero attached hydrogens (tertiary/aromatic N) is 1. The molecule has 6 heteroatoms. The van der Waals surface area contributed by atoms with E-state index >= 15 is 0 Å². The van der Waals surface area contributed by atoms with Gasteiger partial charge in [0, 0.05) is 28.6 Å². The van der Waals surface area contributed by atoms with Gasteiger partial charge in [-0.3, -0.25) is 9.69 Å². The van der Waals surface area contributed by atoms with Crippen molar-refractivity contribution in [2.45, 2.75) is 63.5 Å². The van der Waals surface area contributed by atoms with Crippen molar-refractivity contribution in [2.75, 3.05) is 20.8 Å². The highest BCUT2D eigenvalue weighted by molar-refractivity contribution is 6.64. The van der Waals surface area contributed by atoms with Crippen molar-refractivity contribution in [3.8, 4) is 22.8 Å². The van der Waals surface area contributed by atoms with Crippen molar-refractivity contribution >= 4 is 27.7 Å². The molecular weight excluding hydrogens is 448 g/mol. The highest BCUT2D eigenvalue weighted by atomic mass is 35.5. The number of rotatable bonds is 7. The first-order valence-corrected chi connectivity index (χ1v) is 12.6. The van der Waals surface area contributed by atoms with Crippen LogP contribution in [0.15, 0.2) is 36.4 Å². The van der Waals surface area contributed by atoms with Crippen LogP contribution < -0.4 is 9.47 Å². The molecule has 2 saturated heterocycles. The van der Waals surface area contributed by atoms with E-state index in [1.807, 2.05) is 12.1 Å². The Kier molecular flexibility index (Phi) is 6.34. The number of fused-ring (bicyclic) bond motifs is 4. The molecule has 6 rings (SSSR count). The van der Waals surface area contributed by atoms with Gasteiger partial charge in [0.1, 0.15) is 0 Å². The molecule has 1 N–H and O–H groups in total. The van der Waals surface area contributed by atoms with Crippen LogP contribution in [0.2, 0.25) is 0 Å². The molecule has 3 aromatic rings. The minimum absolute atomic E-state index is 0.244. The maximum Gasteiger partial charge on any atom is 0.235 e. The van der Waals surface area contributed by atoms with Crippen LogP contribution in [0.5, 0.6) is 11.5 Å². The fourth-order valence-electron chi connectivity index (χ4n) is 6.11. The van der Waals surface area contributed by atoms with E-state index in [1.165, 1.54) is 22.9 Å². The molecule has 0 radical (unpaired) electrons. The second-order valence-corrected chi connectivity index (χ2v) is 10.4. The molecule has 2 bridgehead atoms. The molecule has 5 nitrogen and oxygen atoms in total. The lowest BCUT2D eigenvalue weighted by molar-refractivity contribution is -0.116. The summed E-state index contributed by atoms with van der Waals surface area (Å²) in [5.74, 6) is 2.33. The summed E-state index contributed by atoms with van der Waals surface area (Å²) in [6.07, 6.45) is 4.57. The standard InChI is InChI=1S/C28H33ClN2O3/c1-16(2)27-22-12-18(17-5-8-20-14-21(11-17)31(20)15-26(29)32)6-9-23(22)30-28(27)19-7-10-24(33-3)25(13-19)34-4/h6-7,9-10,12-13,16-17,20-21,30H,5,8,11,14-15H2,1-4H3. The van der Waals surface area contributed by atoms with Crippen LogP contribution in [-0.4, -0.2) is 48.0 Å². The van der Waals surface area contributed by atoms with Crippen LogP contribution in [-0.2, 0) is 4.79 Å². The number of H-pyrrole nitrogens is 1. The second-order valence-electron chi connectivity index (χ2n) is 10.0. The Morgan fingerprint density at radius 2 is 1.85 bits per heavy atom. The minimum Gasteiger partial charge on any atom is -0.493 e. The Balaban J connectivity index is 1.50. The fraction of sp³-hybridized carbons (Fsp3) is 0.464. The second kappa shape index (κ2) is 9.27. The average Bonchev–Trinajstić information content (AvgIpc) is 2.95. The molecule has 0 spiro atoms. The van der Waals surface area contributed by atoms with Crippen LogP contribution >= 0.6 is 11.6 Å². The van der Waals surface area contributed by atoms with Gasteiger partial charge >= 0.3 is 0 Å². The van der Waals surface area contributed by atoms with Crippen molar-refractivity contribution in [3.05, 3.63) is 47.5 Å². The molecule has 1 aliphatic carbocycles. The number of aromatic amines is 1. The van der Waals surface area contributed by atoms with E-state index in [2.05, 4.69) is 48.0 Å². The third kappa shape index (κ3) is 4.09. The highest BCUT2D eigenvalue weighted by Gasteiger charge is 2.42. The Hall–Kier alpha value is -2.50. The number of benzene rings is 2. The number of halogens is 1. The van der Waals surface area contributed by atoms with E-state index in [4.69, 9.17) is 21.1 Å². The van der Waals surface area contributed by atoms with Crippen LogP contribution in [0.3, 0.4) is 0 Å². The molecule has 3 aliphatic rings. The van der Waals surface area contributed by atoms with E-state index in [0.29, 0.717) is 30.5 Å². The number of ether oxygens (including phenoxy) is 2. The number of carbonyl (C=O) groups is 1. The van der Waals surface area contributed by atoms with E-state index in [1.54, 1.807) is 14.2 Å². The van der Waals surface area contributed by atoms with Crippen molar-refractivity contribution in [2.24, 2.45) is 0 Å². The summed E-state index contributed by atoms with van der Waals surface area (Å²) in [5.41, 5.74) is 6.12. The van der Waals surface area contributed by atoms with Crippen LogP contribution in [0.1, 0.15) is 62.5 Å². The van der Waals surface area contributed by atoms with Gasteiger partial charge < -0.3 is 14.5 Å². The first-order chi connectivity index (χ1) is 16.4. The van der Waals surface area contributed by atoms with Crippen molar-refractivity contribution < 1.29 is 14.3 Å². The summed E-state index contributed by atoms with van der Waals surface area (Å²) < 4.78 is 11.0. The lowest BCUT2D eigenvalue weighted by Crippen LogP contribution is -2.55. The van der Waals surface area contributed by atoms with E-state index in [0.717, 1.165) is 47.5 Å². The van der Waals surface area contributed by atoms with Gasteiger partial charge in [-0.2, -0.15) is 0 Å².